The fourth-order valence-electron chi connectivity index (χ4n) is 3.30. The molecule has 0 unspecified atom stereocenters. The largest absolute Gasteiger partial charge is 0.494 e. The number of amides is 1. The van der Waals surface area contributed by atoms with Crippen LogP contribution in [0.4, 0.5) is 5.69 Å². The predicted molar refractivity (Wildman–Crippen MR) is 117 cm³/mol. The van der Waals surface area contributed by atoms with Gasteiger partial charge in [-0.2, -0.15) is 0 Å². The van der Waals surface area contributed by atoms with Gasteiger partial charge in [0, 0.05) is 0 Å². The van der Waals surface area contributed by atoms with Gasteiger partial charge >= 0.3 is 0 Å². The number of hydrogen-bond donors (Lipinski definition) is 1. The van der Waals surface area contributed by atoms with Gasteiger partial charge in [0.15, 0.2) is 0 Å². The van der Waals surface area contributed by atoms with E-state index in [9.17, 15) is 13.2 Å². The SMILES string of the molecule is CCOc1ccc(N([C@H](C)C(=O)N[C@@H](C)c2cc(C)ccc2C)S(C)(=O)=O)cc1. The van der Waals surface area contributed by atoms with Crippen LogP contribution in [0.5, 0.6) is 5.75 Å². The first kappa shape index (κ1) is 22.7. The summed E-state index contributed by atoms with van der Waals surface area (Å²) in [5, 5.41) is 2.95. The number of ether oxygens (including phenoxy) is 1. The number of rotatable bonds is 8. The summed E-state index contributed by atoms with van der Waals surface area (Å²) in [6.07, 6.45) is 1.10. The van der Waals surface area contributed by atoms with Crippen LogP contribution in [0, 0.1) is 13.8 Å². The first-order chi connectivity index (χ1) is 13.5. The Bertz CT molecular complexity index is 955. The summed E-state index contributed by atoms with van der Waals surface area (Å²) in [6.45, 7) is 9.86. The third kappa shape index (κ3) is 5.73. The number of aryl methyl sites for hydroxylation is 2. The molecule has 2 aromatic carbocycles. The van der Waals surface area contributed by atoms with Crippen molar-refractivity contribution in [2.24, 2.45) is 0 Å². The van der Waals surface area contributed by atoms with Crippen molar-refractivity contribution in [3.8, 4) is 5.75 Å². The minimum absolute atomic E-state index is 0.244. The molecule has 1 N–H and O–H groups in total. The lowest BCUT2D eigenvalue weighted by atomic mass is 10.00. The number of sulfonamides is 1. The lowest BCUT2D eigenvalue weighted by Gasteiger charge is -2.29. The Morgan fingerprint density at radius 2 is 1.72 bits per heavy atom. The number of carbonyl (C=O) groups is 1. The highest BCUT2D eigenvalue weighted by Gasteiger charge is 2.30. The molecular weight excluding hydrogens is 388 g/mol. The molecule has 1 amide bonds. The maximum Gasteiger partial charge on any atom is 0.244 e. The van der Waals surface area contributed by atoms with Crippen molar-refractivity contribution in [2.75, 3.05) is 17.2 Å². The van der Waals surface area contributed by atoms with E-state index >= 15 is 0 Å². The fraction of sp³-hybridized carbons (Fsp3) is 0.409. The van der Waals surface area contributed by atoms with E-state index in [2.05, 4.69) is 5.32 Å². The molecule has 0 saturated heterocycles. The number of hydrogen-bond acceptors (Lipinski definition) is 4. The van der Waals surface area contributed by atoms with E-state index in [1.54, 1.807) is 31.2 Å². The molecule has 0 aromatic heterocycles. The molecule has 6 nitrogen and oxygen atoms in total. The van der Waals surface area contributed by atoms with Gasteiger partial charge in [-0.3, -0.25) is 9.10 Å². The first-order valence-corrected chi connectivity index (χ1v) is 11.5. The lowest BCUT2D eigenvalue weighted by molar-refractivity contribution is -0.122. The third-order valence-electron chi connectivity index (χ3n) is 4.75. The van der Waals surface area contributed by atoms with Crippen LogP contribution in [0.3, 0.4) is 0 Å². The summed E-state index contributed by atoms with van der Waals surface area (Å²) < 4.78 is 31.5. The summed E-state index contributed by atoms with van der Waals surface area (Å²) in [4.78, 5) is 12.9. The van der Waals surface area contributed by atoms with Crippen LogP contribution in [0.2, 0.25) is 0 Å². The fourth-order valence-corrected chi connectivity index (χ4v) is 4.48. The monoisotopic (exact) mass is 418 g/mol. The molecule has 2 rings (SSSR count). The van der Waals surface area contributed by atoms with E-state index in [0.29, 0.717) is 18.0 Å². The van der Waals surface area contributed by atoms with Gasteiger partial charge in [0.05, 0.1) is 24.6 Å². The average molecular weight is 419 g/mol. The zero-order chi connectivity index (χ0) is 21.8. The van der Waals surface area contributed by atoms with Crippen LogP contribution in [0.1, 0.15) is 43.5 Å². The first-order valence-electron chi connectivity index (χ1n) is 9.64. The number of anilines is 1. The molecule has 0 saturated carbocycles. The van der Waals surface area contributed by atoms with Gasteiger partial charge in [-0.25, -0.2) is 8.42 Å². The highest BCUT2D eigenvalue weighted by molar-refractivity contribution is 7.92. The highest BCUT2D eigenvalue weighted by Crippen LogP contribution is 2.25. The van der Waals surface area contributed by atoms with Crippen LogP contribution >= 0.6 is 0 Å². The van der Waals surface area contributed by atoms with Gasteiger partial charge < -0.3 is 10.1 Å². The Morgan fingerprint density at radius 1 is 1.10 bits per heavy atom. The minimum atomic E-state index is -3.67. The van der Waals surface area contributed by atoms with Gasteiger partial charge in [0.25, 0.3) is 0 Å². The molecule has 0 bridgehead atoms. The molecule has 0 radical (unpaired) electrons. The van der Waals surface area contributed by atoms with Crippen LogP contribution in [-0.4, -0.2) is 33.2 Å². The van der Waals surface area contributed by atoms with E-state index in [1.807, 2.05) is 45.9 Å². The maximum absolute atomic E-state index is 12.9. The lowest BCUT2D eigenvalue weighted by Crippen LogP contribution is -2.48. The molecule has 0 fully saturated rings. The van der Waals surface area contributed by atoms with Gasteiger partial charge in [-0.15, -0.1) is 0 Å². The van der Waals surface area contributed by atoms with Crippen LogP contribution < -0.4 is 14.4 Å². The van der Waals surface area contributed by atoms with Crippen molar-refractivity contribution >= 4 is 21.6 Å². The van der Waals surface area contributed by atoms with E-state index in [-0.39, 0.29) is 11.9 Å². The molecule has 7 heteroatoms. The number of nitrogens with zero attached hydrogens (tertiary/aromatic N) is 1. The molecule has 0 heterocycles. The highest BCUT2D eigenvalue weighted by atomic mass is 32.2. The topological polar surface area (TPSA) is 75.7 Å². The smallest absolute Gasteiger partial charge is 0.244 e. The number of benzene rings is 2. The molecule has 0 aliphatic rings. The number of carbonyl (C=O) groups excluding carboxylic acids is 1. The van der Waals surface area contributed by atoms with Gasteiger partial charge in [-0.05, 0) is 70.0 Å². The molecule has 2 atom stereocenters. The van der Waals surface area contributed by atoms with Crippen molar-refractivity contribution in [1.29, 1.82) is 0 Å². The molecule has 158 valence electrons. The Hall–Kier alpha value is -2.54. The normalized spacial score (nSPS) is 13.4. The van der Waals surface area contributed by atoms with Crippen molar-refractivity contribution in [1.82, 2.24) is 5.32 Å². The van der Waals surface area contributed by atoms with E-state index in [4.69, 9.17) is 4.74 Å². The van der Waals surface area contributed by atoms with Crippen LogP contribution in [0.15, 0.2) is 42.5 Å². The Balaban J connectivity index is 2.25. The second-order valence-electron chi connectivity index (χ2n) is 7.25. The van der Waals surface area contributed by atoms with Gasteiger partial charge in [-0.1, -0.05) is 23.8 Å². The molecule has 0 aliphatic carbocycles. The van der Waals surface area contributed by atoms with Crippen LogP contribution in [0.25, 0.3) is 0 Å². The number of nitrogens with one attached hydrogen (secondary N) is 1. The maximum atomic E-state index is 12.9. The quantitative estimate of drug-likeness (QED) is 0.709. The van der Waals surface area contributed by atoms with Crippen molar-refractivity contribution in [3.05, 3.63) is 59.2 Å². The van der Waals surface area contributed by atoms with Crippen LogP contribution in [-0.2, 0) is 14.8 Å². The average Bonchev–Trinajstić information content (AvgIpc) is 2.64. The zero-order valence-corrected chi connectivity index (χ0v) is 18.7. The summed E-state index contributed by atoms with van der Waals surface area (Å²) in [7, 11) is -3.67. The molecule has 0 spiro atoms. The van der Waals surface area contributed by atoms with E-state index in [1.165, 1.54) is 0 Å². The summed E-state index contributed by atoms with van der Waals surface area (Å²) in [5.41, 5.74) is 3.60. The summed E-state index contributed by atoms with van der Waals surface area (Å²) in [5.74, 6) is 0.281. The molecule has 0 aliphatic heterocycles. The van der Waals surface area contributed by atoms with Crippen molar-refractivity contribution in [3.63, 3.8) is 0 Å². The van der Waals surface area contributed by atoms with Gasteiger partial charge in [0.2, 0.25) is 15.9 Å². The summed E-state index contributed by atoms with van der Waals surface area (Å²) >= 11 is 0. The van der Waals surface area contributed by atoms with Crippen molar-refractivity contribution < 1.29 is 17.9 Å². The Morgan fingerprint density at radius 3 is 2.28 bits per heavy atom. The standard InChI is InChI=1S/C22H30N2O4S/c1-7-28-20-12-10-19(11-13-20)24(29(6,26)27)18(5)22(25)23-17(4)21-14-15(2)8-9-16(21)3/h8-14,17-18H,7H2,1-6H3,(H,23,25)/t17-,18+/m0/s1. The molecule has 2 aromatic rings. The second kappa shape index (κ2) is 9.31. The Kier molecular flexibility index (Phi) is 7.30. The van der Waals surface area contributed by atoms with Crippen molar-refractivity contribution in [2.45, 2.75) is 46.7 Å². The Labute approximate surface area is 173 Å². The zero-order valence-electron chi connectivity index (χ0n) is 17.9. The summed E-state index contributed by atoms with van der Waals surface area (Å²) in [6, 6.07) is 11.6. The second-order valence-corrected chi connectivity index (χ2v) is 9.11. The predicted octanol–water partition coefficient (Wildman–Crippen LogP) is 3.73. The molecule has 29 heavy (non-hydrogen) atoms. The minimum Gasteiger partial charge on any atom is -0.494 e. The third-order valence-corrected chi connectivity index (χ3v) is 5.99. The van der Waals surface area contributed by atoms with Gasteiger partial charge in [0.1, 0.15) is 11.8 Å². The van der Waals surface area contributed by atoms with E-state index in [0.717, 1.165) is 27.3 Å². The molecular formula is C22H30N2O4S. The van der Waals surface area contributed by atoms with E-state index < -0.39 is 16.1 Å².